The van der Waals surface area contributed by atoms with E-state index in [1.165, 1.54) is 0 Å². The summed E-state index contributed by atoms with van der Waals surface area (Å²) >= 11 is 0. The van der Waals surface area contributed by atoms with E-state index in [0.717, 1.165) is 5.56 Å². The summed E-state index contributed by atoms with van der Waals surface area (Å²) in [6.45, 7) is 4.83. The number of carbonyl (C=O) groups is 2. The van der Waals surface area contributed by atoms with Crippen molar-refractivity contribution in [2.45, 2.75) is 33.1 Å². The highest BCUT2D eigenvalue weighted by atomic mass is 16.5. The minimum Gasteiger partial charge on any atom is -0.493 e. The maximum absolute atomic E-state index is 12.4. The lowest BCUT2D eigenvalue weighted by Crippen LogP contribution is -2.36. The Kier molecular flexibility index (Phi) is 8.09. The number of hydrogen-bond donors (Lipinski definition) is 1. The molecular formula is C18H27NO5. The van der Waals surface area contributed by atoms with Crippen LogP contribution >= 0.6 is 0 Å². The smallest absolute Gasteiger partial charge is 0.305 e. The van der Waals surface area contributed by atoms with Gasteiger partial charge < -0.3 is 19.5 Å². The van der Waals surface area contributed by atoms with E-state index < -0.39 is 5.97 Å². The van der Waals surface area contributed by atoms with Crippen LogP contribution in [0.3, 0.4) is 0 Å². The molecule has 6 nitrogen and oxygen atoms in total. The van der Waals surface area contributed by atoms with Gasteiger partial charge in [-0.2, -0.15) is 0 Å². The Balaban J connectivity index is 2.68. The number of hydrogen-bond acceptors (Lipinski definition) is 4. The van der Waals surface area contributed by atoms with Crippen LogP contribution in [-0.4, -0.2) is 49.2 Å². The number of carboxylic acid groups (broad SMARTS) is 1. The van der Waals surface area contributed by atoms with Crippen molar-refractivity contribution < 1.29 is 24.2 Å². The predicted octanol–water partition coefficient (Wildman–Crippen LogP) is 2.60. The van der Waals surface area contributed by atoms with Gasteiger partial charge in [-0.3, -0.25) is 9.59 Å². The summed E-state index contributed by atoms with van der Waals surface area (Å²) in [4.78, 5) is 24.8. The minimum atomic E-state index is -0.892. The van der Waals surface area contributed by atoms with E-state index in [2.05, 4.69) is 0 Å². The van der Waals surface area contributed by atoms with Crippen LogP contribution in [0.2, 0.25) is 0 Å². The van der Waals surface area contributed by atoms with Gasteiger partial charge in [-0.05, 0) is 30.0 Å². The molecule has 1 aromatic rings. The minimum absolute atomic E-state index is 0.0280. The first-order chi connectivity index (χ1) is 11.4. The molecule has 0 aliphatic heterocycles. The summed E-state index contributed by atoms with van der Waals surface area (Å²) in [5.74, 6) is 0.655. The third kappa shape index (κ3) is 6.48. The number of amides is 1. The van der Waals surface area contributed by atoms with Gasteiger partial charge >= 0.3 is 5.97 Å². The molecule has 134 valence electrons. The fourth-order valence-corrected chi connectivity index (χ4v) is 2.43. The van der Waals surface area contributed by atoms with Gasteiger partial charge in [0.2, 0.25) is 5.91 Å². The van der Waals surface area contributed by atoms with E-state index >= 15 is 0 Å². The molecule has 0 atom stereocenters. The summed E-state index contributed by atoms with van der Waals surface area (Å²) in [6, 6.07) is 5.57. The van der Waals surface area contributed by atoms with Crippen molar-refractivity contribution in [1.82, 2.24) is 4.90 Å². The van der Waals surface area contributed by atoms with Gasteiger partial charge in [0.15, 0.2) is 11.5 Å². The van der Waals surface area contributed by atoms with E-state index in [1.54, 1.807) is 19.1 Å². The first kappa shape index (κ1) is 19.8. The molecule has 0 saturated carbocycles. The van der Waals surface area contributed by atoms with E-state index in [1.807, 2.05) is 32.0 Å². The third-order valence-corrected chi connectivity index (χ3v) is 3.61. The largest absolute Gasteiger partial charge is 0.493 e. The van der Waals surface area contributed by atoms with E-state index in [0.29, 0.717) is 36.8 Å². The standard InChI is InChI=1S/C18H27NO5/c1-13(2)12-19(10-9-18(21)22)17(20)8-6-14-5-7-15(23-3)16(11-14)24-4/h5,7,11,13H,6,8-10,12H2,1-4H3,(H,21,22). The Morgan fingerprint density at radius 1 is 1.12 bits per heavy atom. The number of methoxy groups -OCH3 is 2. The molecule has 1 aromatic carbocycles. The van der Waals surface area contributed by atoms with Crippen molar-refractivity contribution in [3.05, 3.63) is 23.8 Å². The van der Waals surface area contributed by atoms with Crippen LogP contribution in [0.5, 0.6) is 11.5 Å². The Bertz CT molecular complexity index is 556. The number of nitrogens with zero attached hydrogens (tertiary/aromatic N) is 1. The van der Waals surface area contributed by atoms with Gasteiger partial charge in [-0.15, -0.1) is 0 Å². The highest BCUT2D eigenvalue weighted by Gasteiger charge is 2.16. The summed E-state index contributed by atoms with van der Waals surface area (Å²) in [6.07, 6.45) is 0.873. The van der Waals surface area contributed by atoms with Crippen molar-refractivity contribution in [1.29, 1.82) is 0 Å². The first-order valence-corrected chi connectivity index (χ1v) is 8.07. The molecule has 0 aliphatic carbocycles. The fourth-order valence-electron chi connectivity index (χ4n) is 2.43. The summed E-state index contributed by atoms with van der Waals surface area (Å²) in [7, 11) is 3.15. The Hall–Kier alpha value is -2.24. The number of ether oxygens (including phenoxy) is 2. The van der Waals surface area contributed by atoms with Crippen molar-refractivity contribution in [2.75, 3.05) is 27.3 Å². The SMILES string of the molecule is COc1ccc(CCC(=O)N(CCC(=O)O)CC(C)C)cc1OC. The van der Waals surface area contributed by atoms with Gasteiger partial charge in [-0.1, -0.05) is 19.9 Å². The zero-order chi connectivity index (χ0) is 18.1. The summed E-state index contributed by atoms with van der Waals surface area (Å²) in [5.41, 5.74) is 0.976. The van der Waals surface area contributed by atoms with Gasteiger partial charge in [0.25, 0.3) is 0 Å². The number of carboxylic acids is 1. The second kappa shape index (κ2) is 9.80. The quantitative estimate of drug-likeness (QED) is 0.710. The zero-order valence-corrected chi connectivity index (χ0v) is 14.9. The molecule has 1 amide bonds. The Morgan fingerprint density at radius 2 is 1.79 bits per heavy atom. The maximum atomic E-state index is 12.4. The van der Waals surface area contributed by atoms with Gasteiger partial charge in [-0.25, -0.2) is 0 Å². The average molecular weight is 337 g/mol. The molecular weight excluding hydrogens is 310 g/mol. The third-order valence-electron chi connectivity index (χ3n) is 3.61. The molecule has 1 N–H and O–H groups in total. The van der Waals surface area contributed by atoms with Crippen molar-refractivity contribution in [2.24, 2.45) is 5.92 Å². The lowest BCUT2D eigenvalue weighted by molar-refractivity contribution is -0.138. The number of benzene rings is 1. The van der Waals surface area contributed by atoms with Crippen LogP contribution < -0.4 is 9.47 Å². The topological polar surface area (TPSA) is 76.1 Å². The zero-order valence-electron chi connectivity index (χ0n) is 14.9. The van der Waals surface area contributed by atoms with Crippen LogP contribution in [0, 0.1) is 5.92 Å². The average Bonchev–Trinajstić information content (AvgIpc) is 2.55. The molecule has 24 heavy (non-hydrogen) atoms. The number of rotatable bonds is 10. The van der Waals surface area contributed by atoms with Crippen molar-refractivity contribution in [3.8, 4) is 11.5 Å². The highest BCUT2D eigenvalue weighted by Crippen LogP contribution is 2.28. The number of aryl methyl sites for hydroxylation is 1. The van der Waals surface area contributed by atoms with Gasteiger partial charge in [0.05, 0.1) is 20.6 Å². The monoisotopic (exact) mass is 337 g/mol. The number of carbonyl (C=O) groups excluding carboxylic acids is 1. The highest BCUT2D eigenvalue weighted by molar-refractivity contribution is 5.77. The summed E-state index contributed by atoms with van der Waals surface area (Å²) < 4.78 is 10.5. The van der Waals surface area contributed by atoms with Crippen LogP contribution in [0.4, 0.5) is 0 Å². The molecule has 1 rings (SSSR count). The predicted molar refractivity (Wildman–Crippen MR) is 91.5 cm³/mol. The van der Waals surface area contributed by atoms with Gasteiger partial charge in [0.1, 0.15) is 0 Å². The van der Waals surface area contributed by atoms with Crippen LogP contribution in [0.15, 0.2) is 18.2 Å². The Morgan fingerprint density at radius 3 is 2.33 bits per heavy atom. The van der Waals surface area contributed by atoms with E-state index in [9.17, 15) is 9.59 Å². The first-order valence-electron chi connectivity index (χ1n) is 8.07. The molecule has 0 bridgehead atoms. The Labute approximate surface area is 143 Å². The van der Waals surface area contributed by atoms with Gasteiger partial charge in [0, 0.05) is 19.5 Å². The van der Waals surface area contributed by atoms with Crippen molar-refractivity contribution >= 4 is 11.9 Å². The molecule has 6 heteroatoms. The van der Waals surface area contributed by atoms with Crippen LogP contribution in [0.25, 0.3) is 0 Å². The molecule has 0 aromatic heterocycles. The second-order valence-electron chi connectivity index (χ2n) is 6.07. The molecule has 0 fully saturated rings. The van der Waals surface area contributed by atoms with Crippen LogP contribution in [-0.2, 0) is 16.0 Å². The van der Waals surface area contributed by atoms with Crippen LogP contribution in [0.1, 0.15) is 32.3 Å². The lowest BCUT2D eigenvalue weighted by Gasteiger charge is -2.24. The fraction of sp³-hybridized carbons (Fsp3) is 0.556. The molecule has 0 saturated heterocycles. The molecule has 0 heterocycles. The van der Waals surface area contributed by atoms with E-state index in [4.69, 9.17) is 14.6 Å². The summed E-state index contributed by atoms with van der Waals surface area (Å²) in [5, 5.41) is 8.83. The second-order valence-corrected chi connectivity index (χ2v) is 6.07. The molecule has 0 radical (unpaired) electrons. The maximum Gasteiger partial charge on any atom is 0.305 e. The number of aliphatic carboxylic acids is 1. The normalized spacial score (nSPS) is 10.5. The van der Waals surface area contributed by atoms with E-state index in [-0.39, 0.29) is 18.9 Å². The molecule has 0 aliphatic rings. The molecule has 0 spiro atoms. The molecule has 0 unspecified atom stereocenters. The lowest BCUT2D eigenvalue weighted by atomic mass is 10.1. The van der Waals surface area contributed by atoms with Crippen molar-refractivity contribution in [3.63, 3.8) is 0 Å².